The summed E-state index contributed by atoms with van der Waals surface area (Å²) in [5.74, 6) is 1.14. The third-order valence-electron chi connectivity index (χ3n) is 4.16. The number of ether oxygens (including phenoxy) is 1. The highest BCUT2D eigenvalue weighted by atomic mass is 35.5. The molecule has 0 spiro atoms. The molecule has 28 heavy (non-hydrogen) atoms. The molecule has 0 bridgehead atoms. The Kier molecular flexibility index (Phi) is 6.81. The number of para-hydroxylation sites is 1. The summed E-state index contributed by atoms with van der Waals surface area (Å²) in [5, 5.41) is 14.8. The fourth-order valence-corrected chi connectivity index (χ4v) is 2.77. The maximum absolute atomic E-state index is 12.2. The number of rotatable bonds is 8. The molecule has 144 valence electrons. The van der Waals surface area contributed by atoms with E-state index < -0.39 is 0 Å². The molecule has 0 radical (unpaired) electrons. The topological polar surface area (TPSA) is 76.1 Å². The van der Waals surface area contributed by atoms with Gasteiger partial charge >= 0.3 is 0 Å². The zero-order valence-electron chi connectivity index (χ0n) is 15.5. The van der Waals surface area contributed by atoms with Crippen LogP contribution in [0.15, 0.2) is 60.7 Å². The quantitative estimate of drug-likeness (QED) is 0.606. The fourth-order valence-electron chi connectivity index (χ4n) is 2.64. The molecule has 7 heteroatoms. The summed E-state index contributed by atoms with van der Waals surface area (Å²) in [6, 6.07) is 18.7. The van der Waals surface area contributed by atoms with Crippen molar-refractivity contribution in [3.63, 3.8) is 0 Å². The maximum Gasteiger partial charge on any atom is 0.271 e. The van der Waals surface area contributed by atoms with E-state index in [0.717, 1.165) is 23.3 Å². The van der Waals surface area contributed by atoms with Gasteiger partial charge in [0.2, 0.25) is 0 Å². The summed E-state index contributed by atoms with van der Waals surface area (Å²) < 4.78 is 5.32. The van der Waals surface area contributed by atoms with Crippen LogP contribution in [0.25, 0.3) is 0 Å². The molecule has 1 amide bonds. The second kappa shape index (κ2) is 9.71. The van der Waals surface area contributed by atoms with Crippen LogP contribution in [0.5, 0.6) is 5.75 Å². The smallest absolute Gasteiger partial charge is 0.271 e. The lowest BCUT2D eigenvalue weighted by Gasteiger charge is -2.10. The number of nitrogens with one attached hydrogen (secondary N) is 2. The summed E-state index contributed by atoms with van der Waals surface area (Å²) in [6.45, 7) is 1.06. The van der Waals surface area contributed by atoms with Crippen LogP contribution in [0.4, 0.5) is 5.82 Å². The number of aromatic nitrogens is 2. The van der Waals surface area contributed by atoms with Crippen molar-refractivity contribution >= 4 is 23.3 Å². The van der Waals surface area contributed by atoms with Crippen LogP contribution in [-0.2, 0) is 13.0 Å². The van der Waals surface area contributed by atoms with Gasteiger partial charge in [-0.05, 0) is 42.3 Å². The van der Waals surface area contributed by atoms with E-state index in [1.165, 1.54) is 0 Å². The molecular weight excluding hydrogens is 376 g/mol. The number of anilines is 1. The lowest BCUT2D eigenvalue weighted by molar-refractivity contribution is 0.0948. The predicted octanol–water partition coefficient (Wildman–Crippen LogP) is 3.72. The van der Waals surface area contributed by atoms with E-state index in [1.54, 1.807) is 19.2 Å². The van der Waals surface area contributed by atoms with Gasteiger partial charge in [0.1, 0.15) is 11.6 Å². The van der Waals surface area contributed by atoms with E-state index >= 15 is 0 Å². The number of benzene rings is 2. The Morgan fingerprint density at radius 3 is 2.54 bits per heavy atom. The molecule has 1 heterocycles. The van der Waals surface area contributed by atoms with Gasteiger partial charge in [-0.3, -0.25) is 4.79 Å². The number of halogens is 1. The van der Waals surface area contributed by atoms with Crippen LogP contribution in [0.3, 0.4) is 0 Å². The Hall–Kier alpha value is -3.12. The highest BCUT2D eigenvalue weighted by Crippen LogP contribution is 2.18. The third kappa shape index (κ3) is 5.44. The van der Waals surface area contributed by atoms with Gasteiger partial charge in [0.05, 0.1) is 7.11 Å². The zero-order valence-corrected chi connectivity index (χ0v) is 16.2. The molecule has 6 nitrogen and oxygen atoms in total. The van der Waals surface area contributed by atoms with Crippen LogP contribution < -0.4 is 15.4 Å². The van der Waals surface area contributed by atoms with E-state index in [2.05, 4.69) is 20.8 Å². The highest BCUT2D eigenvalue weighted by Gasteiger charge is 2.08. The van der Waals surface area contributed by atoms with Gasteiger partial charge < -0.3 is 15.4 Å². The molecule has 0 atom stereocenters. The molecule has 0 aliphatic heterocycles. The van der Waals surface area contributed by atoms with E-state index in [9.17, 15) is 4.79 Å². The first-order valence-electron chi connectivity index (χ1n) is 8.88. The summed E-state index contributed by atoms with van der Waals surface area (Å²) in [6.07, 6.45) is 0.717. The SMILES string of the molecule is COc1ccccc1CNc1ccc(C(=O)NCCc2ccc(Cl)cc2)nn1. The van der Waals surface area contributed by atoms with Gasteiger partial charge in [-0.1, -0.05) is 41.9 Å². The molecule has 0 saturated heterocycles. The number of hydrogen-bond acceptors (Lipinski definition) is 5. The number of hydrogen-bond donors (Lipinski definition) is 2. The second-order valence-corrected chi connectivity index (χ2v) is 6.54. The number of carbonyl (C=O) groups is 1. The van der Waals surface area contributed by atoms with Gasteiger partial charge in [-0.25, -0.2) is 0 Å². The van der Waals surface area contributed by atoms with Crippen molar-refractivity contribution < 1.29 is 9.53 Å². The van der Waals surface area contributed by atoms with E-state index in [-0.39, 0.29) is 11.6 Å². The molecule has 2 aromatic carbocycles. The molecule has 3 aromatic rings. The van der Waals surface area contributed by atoms with Crippen LogP contribution >= 0.6 is 11.6 Å². The molecule has 0 fully saturated rings. The van der Waals surface area contributed by atoms with Crippen molar-refractivity contribution in [1.82, 2.24) is 15.5 Å². The normalized spacial score (nSPS) is 10.4. The maximum atomic E-state index is 12.2. The summed E-state index contributed by atoms with van der Waals surface area (Å²) >= 11 is 5.86. The van der Waals surface area contributed by atoms with Crippen LogP contribution in [0.2, 0.25) is 5.02 Å². The molecule has 3 rings (SSSR count). The first kappa shape index (κ1) is 19.6. The average molecular weight is 397 g/mol. The lowest BCUT2D eigenvalue weighted by atomic mass is 10.1. The largest absolute Gasteiger partial charge is 0.496 e. The van der Waals surface area contributed by atoms with E-state index in [1.807, 2.05) is 48.5 Å². The zero-order chi connectivity index (χ0) is 19.8. The first-order valence-corrected chi connectivity index (χ1v) is 9.25. The summed E-state index contributed by atoms with van der Waals surface area (Å²) in [7, 11) is 1.64. The Labute approximate surface area is 168 Å². The molecule has 0 saturated carbocycles. The fraction of sp³-hybridized carbons (Fsp3) is 0.190. The number of amides is 1. The van der Waals surface area contributed by atoms with Crippen LogP contribution in [0, 0.1) is 0 Å². The monoisotopic (exact) mass is 396 g/mol. The van der Waals surface area contributed by atoms with Crippen molar-refractivity contribution in [3.05, 3.63) is 82.5 Å². The van der Waals surface area contributed by atoms with Crippen molar-refractivity contribution in [1.29, 1.82) is 0 Å². The first-order chi connectivity index (χ1) is 13.7. The van der Waals surface area contributed by atoms with E-state index in [0.29, 0.717) is 23.9 Å². The molecule has 2 N–H and O–H groups in total. The van der Waals surface area contributed by atoms with Crippen LogP contribution in [-0.4, -0.2) is 29.8 Å². The molecule has 0 aliphatic rings. The minimum atomic E-state index is -0.252. The van der Waals surface area contributed by atoms with E-state index in [4.69, 9.17) is 16.3 Å². The summed E-state index contributed by atoms with van der Waals surface area (Å²) in [5.41, 5.74) is 2.39. The third-order valence-corrected chi connectivity index (χ3v) is 4.41. The van der Waals surface area contributed by atoms with Gasteiger partial charge in [0, 0.05) is 23.7 Å². The Bertz CT molecular complexity index is 914. The van der Waals surface area contributed by atoms with Crippen molar-refractivity contribution in [2.75, 3.05) is 19.0 Å². The molecule has 1 aromatic heterocycles. The van der Waals surface area contributed by atoms with Gasteiger partial charge in [0.15, 0.2) is 5.69 Å². The molecule has 0 unspecified atom stereocenters. The van der Waals surface area contributed by atoms with Crippen LogP contribution in [0.1, 0.15) is 21.6 Å². The number of nitrogens with zero attached hydrogens (tertiary/aromatic N) is 2. The highest BCUT2D eigenvalue weighted by molar-refractivity contribution is 6.30. The van der Waals surface area contributed by atoms with Gasteiger partial charge in [-0.15, -0.1) is 10.2 Å². The van der Waals surface area contributed by atoms with Crippen molar-refractivity contribution in [2.24, 2.45) is 0 Å². The number of carbonyl (C=O) groups excluding carboxylic acids is 1. The second-order valence-electron chi connectivity index (χ2n) is 6.10. The summed E-state index contributed by atoms with van der Waals surface area (Å²) in [4.78, 5) is 12.2. The lowest BCUT2D eigenvalue weighted by Crippen LogP contribution is -2.26. The standard InChI is InChI=1S/C21H21ClN4O2/c1-28-19-5-3-2-4-16(19)14-24-20-11-10-18(25-26-20)21(27)23-13-12-15-6-8-17(22)9-7-15/h2-11H,12-14H2,1H3,(H,23,27)(H,24,26). The predicted molar refractivity (Wildman–Crippen MR) is 110 cm³/mol. The molecule has 0 aliphatic carbocycles. The van der Waals surface area contributed by atoms with Crippen molar-refractivity contribution in [2.45, 2.75) is 13.0 Å². The average Bonchev–Trinajstić information content (AvgIpc) is 2.74. The van der Waals surface area contributed by atoms with Crippen molar-refractivity contribution in [3.8, 4) is 5.75 Å². The van der Waals surface area contributed by atoms with Gasteiger partial charge in [0.25, 0.3) is 5.91 Å². The Balaban J connectivity index is 1.49. The Morgan fingerprint density at radius 2 is 1.82 bits per heavy atom. The number of methoxy groups -OCH3 is 1. The Morgan fingerprint density at radius 1 is 1.04 bits per heavy atom. The minimum Gasteiger partial charge on any atom is -0.496 e. The van der Waals surface area contributed by atoms with Gasteiger partial charge in [-0.2, -0.15) is 0 Å². The molecular formula is C21H21ClN4O2. The minimum absolute atomic E-state index is 0.252.